The zero-order valence-corrected chi connectivity index (χ0v) is 9.20. The van der Waals surface area contributed by atoms with E-state index in [2.05, 4.69) is 23.0 Å². The Labute approximate surface area is 90.8 Å². The smallest absolute Gasteiger partial charge is 0.158 e. The third-order valence-corrected chi connectivity index (χ3v) is 3.09. The Morgan fingerprint density at radius 1 is 1.73 bits per heavy atom. The number of likely N-dealkylation sites (N-methyl/N-ethyl adjacent to an activating group) is 1. The quantitative estimate of drug-likeness (QED) is 0.644. The van der Waals surface area contributed by atoms with Gasteiger partial charge in [-0.3, -0.25) is 0 Å². The lowest BCUT2D eigenvalue weighted by atomic mass is 10.2. The van der Waals surface area contributed by atoms with Crippen LogP contribution in [0.4, 0.5) is 0 Å². The molecule has 0 aromatic heterocycles. The Balaban J connectivity index is 1.84. The topological polar surface area (TPSA) is 50.5 Å². The number of likely N-dealkylation sites (tertiary alicyclic amines) is 1. The van der Waals surface area contributed by atoms with Crippen molar-refractivity contribution in [1.29, 1.82) is 0 Å². The van der Waals surface area contributed by atoms with Gasteiger partial charge in [0.2, 0.25) is 0 Å². The van der Waals surface area contributed by atoms with Crippen LogP contribution in [0.1, 0.15) is 12.8 Å². The van der Waals surface area contributed by atoms with E-state index in [9.17, 15) is 0 Å². The van der Waals surface area contributed by atoms with Crippen LogP contribution in [0.25, 0.3) is 0 Å². The van der Waals surface area contributed by atoms with E-state index in [1.807, 2.05) is 0 Å². The van der Waals surface area contributed by atoms with Gasteiger partial charge in [-0.05, 0) is 26.4 Å². The monoisotopic (exact) mass is 209 g/mol. The molecule has 0 amide bonds. The van der Waals surface area contributed by atoms with Crippen molar-refractivity contribution in [3.05, 3.63) is 17.7 Å². The Kier molecular flexibility index (Phi) is 3.31. The van der Waals surface area contributed by atoms with E-state index in [0.29, 0.717) is 6.04 Å². The average Bonchev–Trinajstić information content (AvgIpc) is 2.63. The van der Waals surface area contributed by atoms with Crippen LogP contribution < -0.4 is 11.1 Å². The van der Waals surface area contributed by atoms with Gasteiger partial charge in [0.1, 0.15) is 6.61 Å². The van der Waals surface area contributed by atoms with Crippen LogP contribution in [-0.2, 0) is 4.74 Å². The molecule has 2 heterocycles. The van der Waals surface area contributed by atoms with Crippen LogP contribution >= 0.6 is 0 Å². The predicted octanol–water partition coefficient (Wildman–Crippen LogP) is 0.0242. The van der Waals surface area contributed by atoms with E-state index in [4.69, 9.17) is 10.5 Å². The van der Waals surface area contributed by atoms with Gasteiger partial charge in [0.15, 0.2) is 5.76 Å². The molecule has 2 aliphatic heterocycles. The van der Waals surface area contributed by atoms with E-state index >= 15 is 0 Å². The van der Waals surface area contributed by atoms with E-state index in [1.165, 1.54) is 19.4 Å². The lowest BCUT2D eigenvalue weighted by Crippen LogP contribution is -2.37. The average molecular weight is 209 g/mol. The van der Waals surface area contributed by atoms with Gasteiger partial charge in [0, 0.05) is 18.8 Å². The normalized spacial score (nSPS) is 31.2. The van der Waals surface area contributed by atoms with Gasteiger partial charge in [-0.1, -0.05) is 5.73 Å². The molecular formula is C11H19N3O. The van der Waals surface area contributed by atoms with E-state index in [-0.39, 0.29) is 6.04 Å². The standard InChI is InChI=1S/C11H19N3O/c1-14-6-2-3-9(14)8-15-11-4-5-13-7-10(11)12/h5,9-10,13H,2-3,6-8,12H2,1H3/t9-,10?/m1/s1. The second kappa shape index (κ2) is 4.71. The first-order chi connectivity index (χ1) is 7.27. The third-order valence-electron chi connectivity index (χ3n) is 3.09. The zero-order chi connectivity index (χ0) is 10.7. The lowest BCUT2D eigenvalue weighted by molar-refractivity contribution is 0.128. The first-order valence-electron chi connectivity index (χ1n) is 5.54. The zero-order valence-electron chi connectivity index (χ0n) is 9.20. The number of nitrogens with one attached hydrogen (secondary N) is 1. The predicted molar refractivity (Wildman–Crippen MR) is 59.2 cm³/mol. The summed E-state index contributed by atoms with van der Waals surface area (Å²) < 4.78 is 5.72. The summed E-state index contributed by atoms with van der Waals surface area (Å²) in [7, 11) is 2.15. The van der Waals surface area contributed by atoms with Crippen molar-refractivity contribution in [2.24, 2.45) is 5.73 Å². The number of ether oxygens (including phenoxy) is 1. The van der Waals surface area contributed by atoms with Crippen LogP contribution in [0.15, 0.2) is 17.7 Å². The molecule has 0 bridgehead atoms. The molecule has 1 unspecified atom stereocenters. The number of nitrogens with zero attached hydrogens (tertiary/aromatic N) is 1. The summed E-state index contributed by atoms with van der Waals surface area (Å²) in [5.41, 5.74) is 8.90. The Bertz CT molecular complexity index is 284. The highest BCUT2D eigenvalue weighted by Gasteiger charge is 2.22. The van der Waals surface area contributed by atoms with Gasteiger partial charge in [-0.25, -0.2) is 0 Å². The molecule has 4 heteroatoms. The summed E-state index contributed by atoms with van der Waals surface area (Å²) in [4.78, 5) is 2.34. The minimum atomic E-state index is -0.0540. The second-order valence-electron chi connectivity index (χ2n) is 4.26. The molecule has 2 aliphatic rings. The van der Waals surface area contributed by atoms with Gasteiger partial charge in [0.05, 0.1) is 6.04 Å². The van der Waals surface area contributed by atoms with Crippen LogP contribution in [0.5, 0.6) is 0 Å². The van der Waals surface area contributed by atoms with Crippen LogP contribution in [0.3, 0.4) is 0 Å². The van der Waals surface area contributed by atoms with Crippen molar-refractivity contribution >= 4 is 0 Å². The molecule has 1 saturated heterocycles. The highest BCUT2D eigenvalue weighted by molar-refractivity contribution is 5.07. The lowest BCUT2D eigenvalue weighted by Gasteiger charge is -2.23. The van der Waals surface area contributed by atoms with Crippen molar-refractivity contribution in [3.8, 4) is 0 Å². The molecule has 15 heavy (non-hydrogen) atoms. The summed E-state index contributed by atoms with van der Waals surface area (Å²) in [5, 5.41) is 3.03. The largest absolute Gasteiger partial charge is 0.486 e. The summed E-state index contributed by atoms with van der Waals surface area (Å²) in [5.74, 6) is 0.786. The van der Waals surface area contributed by atoms with Crippen LogP contribution in [-0.4, -0.2) is 43.7 Å². The molecular weight excluding hydrogens is 190 g/mol. The molecule has 84 valence electrons. The summed E-state index contributed by atoms with van der Waals surface area (Å²) in [6.07, 6.45) is 4.27. The number of rotatable bonds is 3. The molecule has 1 fully saturated rings. The first kappa shape index (κ1) is 10.6. The highest BCUT2D eigenvalue weighted by Crippen LogP contribution is 2.16. The van der Waals surface area contributed by atoms with E-state index in [0.717, 1.165) is 18.9 Å². The molecule has 0 aromatic rings. The van der Waals surface area contributed by atoms with E-state index < -0.39 is 0 Å². The molecule has 2 atom stereocenters. The molecule has 3 N–H and O–H groups in total. The Hall–Kier alpha value is -0.960. The summed E-state index contributed by atoms with van der Waals surface area (Å²) in [6, 6.07) is 0.489. The van der Waals surface area contributed by atoms with Crippen molar-refractivity contribution < 1.29 is 4.74 Å². The number of hydrogen-bond donors (Lipinski definition) is 2. The van der Waals surface area contributed by atoms with Crippen LogP contribution in [0.2, 0.25) is 0 Å². The molecule has 4 nitrogen and oxygen atoms in total. The highest BCUT2D eigenvalue weighted by atomic mass is 16.5. The maximum Gasteiger partial charge on any atom is 0.158 e. The van der Waals surface area contributed by atoms with Crippen LogP contribution in [0, 0.1) is 0 Å². The van der Waals surface area contributed by atoms with Gasteiger partial charge in [0.25, 0.3) is 0 Å². The fraction of sp³-hybridized carbons (Fsp3) is 0.727. The van der Waals surface area contributed by atoms with Crippen molar-refractivity contribution in [2.75, 3.05) is 26.7 Å². The third kappa shape index (κ3) is 2.53. The Morgan fingerprint density at radius 2 is 2.60 bits per heavy atom. The van der Waals surface area contributed by atoms with Gasteiger partial charge >= 0.3 is 0 Å². The minimum Gasteiger partial charge on any atom is -0.486 e. The molecule has 0 aliphatic carbocycles. The maximum atomic E-state index is 5.88. The van der Waals surface area contributed by atoms with Gasteiger partial charge in [-0.15, -0.1) is 0 Å². The first-order valence-corrected chi connectivity index (χ1v) is 5.54. The molecule has 0 radical (unpaired) electrons. The minimum absolute atomic E-state index is 0.0540. The van der Waals surface area contributed by atoms with Gasteiger partial charge < -0.3 is 20.7 Å². The summed E-state index contributed by atoms with van der Waals surface area (Å²) in [6.45, 7) is 2.65. The number of nitrogens with two attached hydrogens (primary N) is 1. The van der Waals surface area contributed by atoms with Crippen molar-refractivity contribution in [3.63, 3.8) is 0 Å². The molecule has 0 saturated carbocycles. The van der Waals surface area contributed by atoms with Crippen molar-refractivity contribution in [2.45, 2.75) is 24.9 Å². The Morgan fingerprint density at radius 3 is 3.27 bits per heavy atom. The molecule has 0 aromatic carbocycles. The molecule has 0 spiro atoms. The van der Waals surface area contributed by atoms with Crippen molar-refractivity contribution in [1.82, 2.24) is 10.2 Å². The van der Waals surface area contributed by atoms with E-state index in [1.54, 1.807) is 6.20 Å². The fourth-order valence-corrected chi connectivity index (χ4v) is 2.03. The maximum absolute atomic E-state index is 5.88. The number of hydrogen-bond acceptors (Lipinski definition) is 4. The summed E-state index contributed by atoms with van der Waals surface area (Å²) >= 11 is 0. The second-order valence-corrected chi connectivity index (χ2v) is 4.26. The fourth-order valence-electron chi connectivity index (χ4n) is 2.03. The molecule has 2 rings (SSSR count). The van der Waals surface area contributed by atoms with Gasteiger partial charge in [-0.2, -0.15) is 0 Å². The SMILES string of the molecule is CN1CCC[C@@H]1COC1=C=CNCC1N.